The first-order valence-electron chi connectivity index (χ1n) is 7.89. The highest BCUT2D eigenvalue weighted by molar-refractivity contribution is 7.80. The smallest absolute Gasteiger partial charge is 0.196 e. The summed E-state index contributed by atoms with van der Waals surface area (Å²) in [6.07, 6.45) is 0.682. The molecular formula is C17H20FN3OS. The van der Waals surface area contributed by atoms with E-state index in [1.54, 1.807) is 17.1 Å². The number of thiocarbonyl (C=S) groups is 1. The van der Waals surface area contributed by atoms with Crippen molar-refractivity contribution in [1.82, 2.24) is 5.01 Å². The number of hydrogen-bond acceptors (Lipinski definition) is 3. The van der Waals surface area contributed by atoms with Crippen LogP contribution in [0.1, 0.15) is 27.2 Å². The van der Waals surface area contributed by atoms with E-state index in [2.05, 4.69) is 24.3 Å². The van der Waals surface area contributed by atoms with E-state index < -0.39 is 5.72 Å². The van der Waals surface area contributed by atoms with Crippen LogP contribution in [0.5, 0.6) is 0 Å². The highest BCUT2D eigenvalue weighted by Crippen LogP contribution is 2.73. The summed E-state index contributed by atoms with van der Waals surface area (Å²) in [4.78, 5) is 0. The van der Waals surface area contributed by atoms with Crippen molar-refractivity contribution in [2.75, 3.05) is 5.32 Å². The standard InChI is InChI=1S/C17H20FN3OS/c1-9-13-14-12(16(14,2)3)8-17(13,22)21(20-9)15(23)19-11-6-4-10(18)5-7-11/h4-7,12-14,22H,8H2,1-3H3,(H,19,23)/t12-,13-,14+,17-/m1/s1. The maximum atomic E-state index is 13.0. The van der Waals surface area contributed by atoms with Gasteiger partial charge in [0.15, 0.2) is 10.8 Å². The molecule has 1 heterocycles. The Bertz CT molecular complexity index is 717. The van der Waals surface area contributed by atoms with Crippen LogP contribution in [-0.2, 0) is 0 Å². The first-order chi connectivity index (χ1) is 10.7. The zero-order chi connectivity index (χ0) is 16.6. The normalized spacial score (nSPS) is 36.3. The molecule has 23 heavy (non-hydrogen) atoms. The van der Waals surface area contributed by atoms with E-state index >= 15 is 0 Å². The number of nitrogens with zero attached hydrogens (tertiary/aromatic N) is 2. The molecule has 2 fully saturated rings. The summed E-state index contributed by atoms with van der Waals surface area (Å²) in [6, 6.07) is 5.97. The van der Waals surface area contributed by atoms with Gasteiger partial charge in [0.25, 0.3) is 0 Å². The van der Waals surface area contributed by atoms with E-state index in [1.807, 2.05) is 6.92 Å². The fourth-order valence-electron chi connectivity index (χ4n) is 4.63. The average Bonchev–Trinajstić information content (AvgIpc) is 2.79. The molecule has 0 amide bonds. The Hall–Kier alpha value is -1.53. The lowest BCUT2D eigenvalue weighted by molar-refractivity contribution is -0.0845. The number of aliphatic hydroxyl groups is 1. The molecule has 4 rings (SSSR count). The Balaban J connectivity index is 1.56. The van der Waals surface area contributed by atoms with E-state index in [4.69, 9.17) is 12.2 Å². The van der Waals surface area contributed by atoms with Gasteiger partial charge in [-0.05, 0) is 60.7 Å². The first kappa shape index (κ1) is 15.0. The second-order valence-corrected chi connectivity index (χ2v) is 7.89. The molecule has 0 unspecified atom stereocenters. The molecule has 0 radical (unpaired) electrons. The molecule has 2 aliphatic carbocycles. The van der Waals surface area contributed by atoms with Crippen LogP contribution in [-0.4, -0.2) is 26.7 Å². The van der Waals surface area contributed by atoms with Gasteiger partial charge in [0.1, 0.15) is 5.82 Å². The van der Waals surface area contributed by atoms with Crippen molar-refractivity contribution >= 4 is 28.7 Å². The lowest BCUT2D eigenvalue weighted by Gasteiger charge is -2.36. The van der Waals surface area contributed by atoms with Crippen molar-refractivity contribution in [3.63, 3.8) is 0 Å². The lowest BCUT2D eigenvalue weighted by Crippen LogP contribution is -2.51. The van der Waals surface area contributed by atoms with Crippen LogP contribution >= 0.6 is 12.2 Å². The maximum absolute atomic E-state index is 13.0. The van der Waals surface area contributed by atoms with Gasteiger partial charge in [-0.2, -0.15) is 5.10 Å². The van der Waals surface area contributed by atoms with E-state index in [0.29, 0.717) is 29.1 Å². The minimum absolute atomic E-state index is 0.0375. The van der Waals surface area contributed by atoms with Crippen molar-refractivity contribution in [2.45, 2.75) is 32.9 Å². The number of anilines is 1. The Morgan fingerprint density at radius 3 is 2.70 bits per heavy atom. The van der Waals surface area contributed by atoms with Gasteiger partial charge in [-0.25, -0.2) is 9.40 Å². The van der Waals surface area contributed by atoms with Crippen molar-refractivity contribution in [3.05, 3.63) is 30.1 Å². The number of halogens is 1. The molecule has 2 N–H and O–H groups in total. The topological polar surface area (TPSA) is 47.9 Å². The van der Waals surface area contributed by atoms with E-state index in [9.17, 15) is 9.50 Å². The molecule has 6 heteroatoms. The van der Waals surface area contributed by atoms with Crippen molar-refractivity contribution in [2.24, 2.45) is 28.3 Å². The minimum atomic E-state index is -1.03. The largest absolute Gasteiger partial charge is 0.368 e. The molecule has 1 aromatic rings. The van der Waals surface area contributed by atoms with Gasteiger partial charge in [-0.3, -0.25) is 0 Å². The Kier molecular flexibility index (Phi) is 2.95. The molecule has 1 aromatic carbocycles. The average molecular weight is 333 g/mol. The van der Waals surface area contributed by atoms with Crippen molar-refractivity contribution in [1.29, 1.82) is 0 Å². The summed E-state index contributed by atoms with van der Waals surface area (Å²) >= 11 is 5.44. The van der Waals surface area contributed by atoms with Crippen molar-refractivity contribution < 1.29 is 9.50 Å². The van der Waals surface area contributed by atoms with E-state index in [-0.39, 0.29) is 17.2 Å². The zero-order valence-electron chi connectivity index (χ0n) is 13.4. The van der Waals surface area contributed by atoms with Gasteiger partial charge in [-0.1, -0.05) is 13.8 Å². The van der Waals surface area contributed by atoms with E-state index in [0.717, 1.165) is 5.71 Å². The summed E-state index contributed by atoms with van der Waals surface area (Å²) in [7, 11) is 0. The molecule has 3 aliphatic rings. The molecule has 0 spiro atoms. The number of rotatable bonds is 1. The highest BCUT2D eigenvalue weighted by Gasteiger charge is 2.75. The molecule has 4 atom stereocenters. The van der Waals surface area contributed by atoms with Gasteiger partial charge >= 0.3 is 0 Å². The van der Waals surface area contributed by atoms with Gasteiger partial charge in [0.05, 0.1) is 5.92 Å². The van der Waals surface area contributed by atoms with Crippen molar-refractivity contribution in [3.8, 4) is 0 Å². The monoisotopic (exact) mass is 333 g/mol. The van der Waals surface area contributed by atoms with Crippen LogP contribution in [0.4, 0.5) is 10.1 Å². The van der Waals surface area contributed by atoms with Gasteiger partial charge in [0, 0.05) is 17.8 Å². The maximum Gasteiger partial charge on any atom is 0.196 e. The number of hydrazone groups is 1. The molecule has 4 nitrogen and oxygen atoms in total. The second kappa shape index (κ2) is 4.51. The second-order valence-electron chi connectivity index (χ2n) is 7.50. The Labute approximate surface area is 140 Å². The predicted octanol–water partition coefficient (Wildman–Crippen LogP) is 3.19. The molecule has 2 saturated carbocycles. The Morgan fingerprint density at radius 2 is 2.04 bits per heavy atom. The third-order valence-electron chi connectivity index (χ3n) is 5.88. The summed E-state index contributed by atoms with van der Waals surface area (Å²) in [5.74, 6) is 0.720. The van der Waals surface area contributed by atoms with Crippen LogP contribution in [0.15, 0.2) is 29.4 Å². The molecule has 122 valence electrons. The molecule has 0 saturated heterocycles. The first-order valence-corrected chi connectivity index (χ1v) is 8.30. The summed E-state index contributed by atoms with van der Waals surface area (Å²) in [5.41, 5.74) is 0.864. The third-order valence-corrected chi connectivity index (χ3v) is 6.15. The zero-order valence-corrected chi connectivity index (χ0v) is 14.2. The fraction of sp³-hybridized carbons (Fsp3) is 0.529. The number of hydrogen-bond donors (Lipinski definition) is 2. The molecule has 0 bridgehead atoms. The minimum Gasteiger partial charge on any atom is -0.368 e. The quantitative estimate of drug-likeness (QED) is 0.775. The van der Waals surface area contributed by atoms with E-state index in [1.165, 1.54) is 12.1 Å². The molecular weight excluding hydrogens is 313 g/mol. The van der Waals surface area contributed by atoms with Crippen LogP contribution in [0.25, 0.3) is 0 Å². The number of nitrogens with one attached hydrogen (secondary N) is 1. The number of benzene rings is 1. The number of fused-ring (bicyclic) bond motifs is 3. The summed E-state index contributed by atoms with van der Waals surface area (Å²) < 4.78 is 13.0. The van der Waals surface area contributed by atoms with Crippen LogP contribution in [0.2, 0.25) is 0 Å². The van der Waals surface area contributed by atoms with Gasteiger partial charge in [-0.15, -0.1) is 0 Å². The van der Waals surface area contributed by atoms with Crippen LogP contribution in [0, 0.1) is 29.0 Å². The van der Waals surface area contributed by atoms with Crippen LogP contribution < -0.4 is 5.32 Å². The molecule has 1 aliphatic heterocycles. The summed E-state index contributed by atoms with van der Waals surface area (Å²) in [6.45, 7) is 6.48. The van der Waals surface area contributed by atoms with Gasteiger partial charge in [0.2, 0.25) is 0 Å². The SMILES string of the molecule is CC1=NN(C(=S)Nc2ccc(F)cc2)[C@@]2(O)C[C@@H]3[C@@H]([C@@H]12)C3(C)C. The van der Waals surface area contributed by atoms with Crippen LogP contribution in [0.3, 0.4) is 0 Å². The Morgan fingerprint density at radius 1 is 1.39 bits per heavy atom. The predicted molar refractivity (Wildman–Crippen MR) is 91.4 cm³/mol. The van der Waals surface area contributed by atoms with Gasteiger partial charge < -0.3 is 10.4 Å². The fourth-order valence-corrected chi connectivity index (χ4v) is 4.94. The summed E-state index contributed by atoms with van der Waals surface area (Å²) in [5, 5.41) is 20.7. The third kappa shape index (κ3) is 1.97. The molecule has 0 aromatic heterocycles. The highest BCUT2D eigenvalue weighted by atomic mass is 32.1. The lowest BCUT2D eigenvalue weighted by atomic mass is 9.84.